The van der Waals surface area contributed by atoms with Crippen LogP contribution in [-0.4, -0.2) is 5.91 Å². The van der Waals surface area contributed by atoms with Crippen LogP contribution in [0, 0.1) is 5.82 Å². The Bertz CT molecular complexity index is 499. The molecular weight excluding hydrogens is 237 g/mol. The summed E-state index contributed by atoms with van der Waals surface area (Å²) in [6.07, 6.45) is 0. The molecule has 0 bridgehead atoms. The molecule has 1 amide bonds. The Kier molecular flexibility index (Phi) is 3.77. The van der Waals surface area contributed by atoms with E-state index in [1.807, 2.05) is 30.3 Å². The number of nitrogens with one attached hydrogen (secondary N) is 1. The van der Waals surface area contributed by atoms with E-state index in [2.05, 4.69) is 4.72 Å². The summed E-state index contributed by atoms with van der Waals surface area (Å²) in [7, 11) is 0. The molecule has 0 heterocycles. The van der Waals surface area contributed by atoms with Crippen molar-refractivity contribution in [3.8, 4) is 0 Å². The minimum Gasteiger partial charge on any atom is -0.292 e. The summed E-state index contributed by atoms with van der Waals surface area (Å²) in [5, 5.41) is 0. The van der Waals surface area contributed by atoms with E-state index in [4.69, 9.17) is 0 Å². The molecule has 2 nitrogen and oxygen atoms in total. The summed E-state index contributed by atoms with van der Waals surface area (Å²) in [5.74, 6) is -0.587. The Hall–Kier alpha value is -1.81. The van der Waals surface area contributed by atoms with E-state index >= 15 is 0 Å². The van der Waals surface area contributed by atoms with Gasteiger partial charge in [-0.25, -0.2) is 4.39 Å². The molecule has 0 aliphatic carbocycles. The van der Waals surface area contributed by atoms with Crippen LogP contribution in [0.15, 0.2) is 59.5 Å². The Morgan fingerprint density at radius 2 is 1.65 bits per heavy atom. The fraction of sp³-hybridized carbons (Fsp3) is 0. The molecule has 0 radical (unpaired) electrons. The molecule has 2 rings (SSSR count). The van der Waals surface area contributed by atoms with E-state index < -0.39 is 0 Å². The molecule has 0 fully saturated rings. The lowest BCUT2D eigenvalue weighted by Gasteiger charge is -2.03. The van der Waals surface area contributed by atoms with Crippen molar-refractivity contribution in [2.24, 2.45) is 0 Å². The summed E-state index contributed by atoms with van der Waals surface area (Å²) < 4.78 is 15.4. The number of hydrogen-bond donors (Lipinski definition) is 1. The van der Waals surface area contributed by atoms with Gasteiger partial charge in [0, 0.05) is 10.5 Å². The zero-order valence-corrected chi connectivity index (χ0v) is 9.71. The van der Waals surface area contributed by atoms with Gasteiger partial charge in [0.25, 0.3) is 5.91 Å². The SMILES string of the molecule is O=C(NSc1ccccc1)c1ccc(F)cc1. The molecule has 86 valence electrons. The highest BCUT2D eigenvalue weighted by atomic mass is 32.2. The number of amides is 1. The van der Waals surface area contributed by atoms with E-state index in [1.165, 1.54) is 36.2 Å². The largest absolute Gasteiger partial charge is 0.292 e. The molecule has 0 aliphatic heterocycles. The number of rotatable bonds is 3. The van der Waals surface area contributed by atoms with E-state index in [1.54, 1.807) is 0 Å². The quantitative estimate of drug-likeness (QED) is 0.843. The maximum Gasteiger partial charge on any atom is 0.261 e. The van der Waals surface area contributed by atoms with Gasteiger partial charge in [0.15, 0.2) is 0 Å². The van der Waals surface area contributed by atoms with Crippen LogP contribution in [0.4, 0.5) is 4.39 Å². The zero-order chi connectivity index (χ0) is 12.1. The summed E-state index contributed by atoms with van der Waals surface area (Å²) in [5.41, 5.74) is 0.440. The van der Waals surface area contributed by atoms with Gasteiger partial charge >= 0.3 is 0 Å². The lowest BCUT2D eigenvalue weighted by atomic mass is 10.2. The minimum atomic E-state index is -0.350. The van der Waals surface area contributed by atoms with Gasteiger partial charge in [-0.3, -0.25) is 9.52 Å². The maximum absolute atomic E-state index is 12.7. The van der Waals surface area contributed by atoms with Crippen molar-refractivity contribution < 1.29 is 9.18 Å². The smallest absolute Gasteiger partial charge is 0.261 e. The molecule has 0 aliphatic rings. The first-order valence-electron chi connectivity index (χ1n) is 5.03. The third kappa shape index (κ3) is 3.32. The van der Waals surface area contributed by atoms with Gasteiger partial charge in [0.1, 0.15) is 5.82 Å². The van der Waals surface area contributed by atoms with E-state index in [-0.39, 0.29) is 11.7 Å². The monoisotopic (exact) mass is 247 g/mol. The highest BCUT2D eigenvalue weighted by Crippen LogP contribution is 2.14. The Balaban J connectivity index is 1.96. The van der Waals surface area contributed by atoms with Gasteiger partial charge in [-0.1, -0.05) is 18.2 Å². The zero-order valence-electron chi connectivity index (χ0n) is 8.89. The molecule has 1 N–H and O–H groups in total. The van der Waals surface area contributed by atoms with Gasteiger partial charge in [-0.15, -0.1) is 0 Å². The topological polar surface area (TPSA) is 29.1 Å². The van der Waals surface area contributed by atoms with Crippen molar-refractivity contribution in [1.82, 2.24) is 4.72 Å². The number of hydrogen-bond acceptors (Lipinski definition) is 2. The Morgan fingerprint density at radius 3 is 2.29 bits per heavy atom. The molecule has 0 aromatic heterocycles. The van der Waals surface area contributed by atoms with Crippen LogP contribution in [-0.2, 0) is 0 Å². The van der Waals surface area contributed by atoms with Gasteiger partial charge in [0.05, 0.1) is 0 Å². The first-order chi connectivity index (χ1) is 8.25. The average molecular weight is 247 g/mol. The highest BCUT2D eigenvalue weighted by molar-refractivity contribution is 7.98. The van der Waals surface area contributed by atoms with Crippen molar-refractivity contribution in [2.45, 2.75) is 4.90 Å². The van der Waals surface area contributed by atoms with Crippen LogP contribution in [0.25, 0.3) is 0 Å². The normalized spacial score (nSPS) is 9.94. The third-order valence-electron chi connectivity index (χ3n) is 2.11. The summed E-state index contributed by atoms with van der Waals surface area (Å²) in [6, 6.07) is 14.9. The highest BCUT2D eigenvalue weighted by Gasteiger charge is 2.05. The summed E-state index contributed by atoms with van der Waals surface area (Å²) in [6.45, 7) is 0. The molecule has 2 aromatic carbocycles. The van der Waals surface area contributed by atoms with Crippen molar-refractivity contribution in [1.29, 1.82) is 0 Å². The minimum absolute atomic E-state index is 0.237. The first kappa shape index (κ1) is 11.7. The standard InChI is InChI=1S/C13H10FNOS/c14-11-8-6-10(7-9-11)13(16)15-17-12-4-2-1-3-5-12/h1-9H,(H,15,16). The number of carbonyl (C=O) groups excluding carboxylic acids is 1. The van der Waals surface area contributed by atoms with Gasteiger partial charge in [0.2, 0.25) is 0 Å². The predicted octanol–water partition coefficient (Wildman–Crippen LogP) is 3.26. The van der Waals surface area contributed by atoms with E-state index in [0.29, 0.717) is 5.56 Å². The Labute approximate surface area is 103 Å². The van der Waals surface area contributed by atoms with Crippen molar-refractivity contribution in [3.63, 3.8) is 0 Å². The van der Waals surface area contributed by atoms with Crippen LogP contribution in [0.3, 0.4) is 0 Å². The second-order valence-electron chi connectivity index (χ2n) is 3.35. The van der Waals surface area contributed by atoms with Crippen LogP contribution in [0.2, 0.25) is 0 Å². The molecular formula is C13H10FNOS. The van der Waals surface area contributed by atoms with Crippen molar-refractivity contribution in [3.05, 3.63) is 66.0 Å². The average Bonchev–Trinajstić information content (AvgIpc) is 2.38. The van der Waals surface area contributed by atoms with Crippen LogP contribution in [0.1, 0.15) is 10.4 Å². The second-order valence-corrected chi connectivity index (χ2v) is 4.23. The number of benzene rings is 2. The van der Waals surface area contributed by atoms with Gasteiger partial charge in [-0.05, 0) is 48.3 Å². The summed E-state index contributed by atoms with van der Waals surface area (Å²) >= 11 is 1.23. The van der Waals surface area contributed by atoms with Crippen LogP contribution < -0.4 is 4.72 Å². The van der Waals surface area contributed by atoms with Crippen molar-refractivity contribution >= 4 is 17.9 Å². The maximum atomic E-state index is 12.7. The molecule has 0 spiro atoms. The lowest BCUT2D eigenvalue weighted by Crippen LogP contribution is -2.15. The molecule has 4 heteroatoms. The predicted molar refractivity (Wildman–Crippen MR) is 66.2 cm³/mol. The molecule has 17 heavy (non-hydrogen) atoms. The molecule has 0 saturated carbocycles. The van der Waals surface area contributed by atoms with Gasteiger partial charge in [-0.2, -0.15) is 0 Å². The van der Waals surface area contributed by atoms with Crippen LogP contribution >= 0.6 is 11.9 Å². The van der Waals surface area contributed by atoms with Crippen LogP contribution in [0.5, 0.6) is 0 Å². The first-order valence-corrected chi connectivity index (χ1v) is 5.85. The van der Waals surface area contributed by atoms with Crippen molar-refractivity contribution in [2.75, 3.05) is 0 Å². The molecule has 0 saturated heterocycles. The van der Waals surface area contributed by atoms with E-state index in [9.17, 15) is 9.18 Å². The molecule has 0 atom stereocenters. The van der Waals surface area contributed by atoms with Gasteiger partial charge < -0.3 is 0 Å². The molecule has 2 aromatic rings. The van der Waals surface area contributed by atoms with E-state index in [0.717, 1.165) is 4.90 Å². The number of carbonyl (C=O) groups is 1. The Morgan fingerprint density at radius 1 is 1.00 bits per heavy atom. The fourth-order valence-electron chi connectivity index (χ4n) is 1.25. The summed E-state index contributed by atoms with van der Waals surface area (Å²) in [4.78, 5) is 12.6. The number of halogens is 1. The third-order valence-corrected chi connectivity index (χ3v) is 2.91. The second kappa shape index (κ2) is 5.50. The molecule has 0 unspecified atom stereocenters. The fourth-order valence-corrected chi connectivity index (χ4v) is 1.88. The lowest BCUT2D eigenvalue weighted by molar-refractivity contribution is 0.0984.